The molecule has 0 fully saturated rings. The highest BCUT2D eigenvalue weighted by Crippen LogP contribution is 2.29. The lowest BCUT2D eigenvalue weighted by Crippen LogP contribution is -2.19. The summed E-state index contributed by atoms with van der Waals surface area (Å²) in [5.41, 5.74) is 3.10. The van der Waals surface area contributed by atoms with Crippen molar-refractivity contribution in [2.45, 2.75) is 50.8 Å². The topological polar surface area (TPSA) is 49.3 Å². The van der Waals surface area contributed by atoms with Crippen LogP contribution in [0.4, 0.5) is 18.9 Å². The van der Waals surface area contributed by atoms with Crippen LogP contribution in [-0.2, 0) is 30.2 Å². The van der Waals surface area contributed by atoms with Crippen molar-refractivity contribution in [2.75, 3.05) is 5.32 Å². The van der Waals surface area contributed by atoms with Crippen LogP contribution in [0.1, 0.15) is 41.5 Å². The molecule has 0 saturated heterocycles. The highest BCUT2D eigenvalue weighted by atomic mass is 19.4. The number of aryl methyl sites for hydroxylation is 2. The number of anilines is 1. The second-order valence-electron chi connectivity index (χ2n) is 6.98. The molecule has 6 heteroatoms. The van der Waals surface area contributed by atoms with Crippen LogP contribution in [-0.4, -0.2) is 17.1 Å². The van der Waals surface area contributed by atoms with Crippen LogP contribution in [0.5, 0.6) is 0 Å². The fourth-order valence-electron chi connectivity index (χ4n) is 3.35. The fourth-order valence-corrected chi connectivity index (χ4v) is 3.35. The van der Waals surface area contributed by atoms with Crippen molar-refractivity contribution in [1.82, 2.24) is 0 Å². The zero-order valence-corrected chi connectivity index (χ0v) is 14.9. The maximum Gasteiger partial charge on any atom is 0.416 e. The van der Waals surface area contributed by atoms with Crippen molar-refractivity contribution >= 4 is 11.6 Å². The number of carbonyl (C=O) groups excluding carboxylic acids is 1. The SMILES string of the molecule is O=C(CCCc1ccc(C(F)(F)F)cc1)Nc1ccc2c(c1)CC(O)CC2. The zero-order valence-electron chi connectivity index (χ0n) is 14.9. The number of benzene rings is 2. The molecule has 0 spiro atoms. The van der Waals surface area contributed by atoms with E-state index in [9.17, 15) is 23.1 Å². The number of aliphatic hydroxyl groups is 1. The third kappa shape index (κ3) is 5.32. The smallest absolute Gasteiger partial charge is 0.393 e. The van der Waals surface area contributed by atoms with Gasteiger partial charge in [-0.2, -0.15) is 13.2 Å². The summed E-state index contributed by atoms with van der Waals surface area (Å²) < 4.78 is 37.6. The molecule has 1 aliphatic rings. The van der Waals surface area contributed by atoms with Gasteiger partial charge in [-0.3, -0.25) is 4.79 Å². The second kappa shape index (κ2) is 8.13. The summed E-state index contributed by atoms with van der Waals surface area (Å²) in [7, 11) is 0. The van der Waals surface area contributed by atoms with Crippen LogP contribution in [0.15, 0.2) is 42.5 Å². The zero-order chi connectivity index (χ0) is 19.4. The summed E-state index contributed by atoms with van der Waals surface area (Å²) in [5.74, 6) is -0.127. The molecule has 0 radical (unpaired) electrons. The largest absolute Gasteiger partial charge is 0.416 e. The molecule has 0 bridgehead atoms. The van der Waals surface area contributed by atoms with Gasteiger partial charge >= 0.3 is 6.18 Å². The predicted molar refractivity (Wildman–Crippen MR) is 97.5 cm³/mol. The molecule has 3 nitrogen and oxygen atoms in total. The number of alkyl halides is 3. The molecule has 1 amide bonds. The molecule has 27 heavy (non-hydrogen) atoms. The van der Waals surface area contributed by atoms with Gasteiger partial charge in [0.25, 0.3) is 0 Å². The van der Waals surface area contributed by atoms with Crippen LogP contribution < -0.4 is 5.32 Å². The maximum atomic E-state index is 12.5. The number of halogens is 3. The Labute approximate surface area is 156 Å². The first-order chi connectivity index (χ1) is 12.8. The Bertz CT molecular complexity index is 800. The molecule has 0 saturated carbocycles. The molecule has 0 heterocycles. The molecule has 2 N–H and O–H groups in total. The average molecular weight is 377 g/mol. The minimum atomic E-state index is -4.33. The van der Waals surface area contributed by atoms with E-state index in [0.29, 0.717) is 31.4 Å². The van der Waals surface area contributed by atoms with E-state index < -0.39 is 11.7 Å². The van der Waals surface area contributed by atoms with Crippen molar-refractivity contribution in [3.8, 4) is 0 Å². The number of carbonyl (C=O) groups is 1. The van der Waals surface area contributed by atoms with Gasteiger partial charge in [-0.05, 0) is 73.1 Å². The van der Waals surface area contributed by atoms with Crippen LogP contribution in [0, 0.1) is 0 Å². The first-order valence-corrected chi connectivity index (χ1v) is 9.07. The highest BCUT2D eigenvalue weighted by molar-refractivity contribution is 5.90. The van der Waals surface area contributed by atoms with Gasteiger partial charge in [0.05, 0.1) is 11.7 Å². The average Bonchev–Trinajstić information content (AvgIpc) is 2.61. The Morgan fingerprint density at radius 2 is 1.85 bits per heavy atom. The van der Waals surface area contributed by atoms with Crippen molar-refractivity contribution < 1.29 is 23.1 Å². The number of hydrogen-bond acceptors (Lipinski definition) is 2. The van der Waals surface area contributed by atoms with Crippen LogP contribution in [0.2, 0.25) is 0 Å². The first kappa shape index (κ1) is 19.4. The number of nitrogens with one attached hydrogen (secondary N) is 1. The molecule has 2 aromatic carbocycles. The summed E-state index contributed by atoms with van der Waals surface area (Å²) >= 11 is 0. The number of rotatable bonds is 5. The van der Waals surface area contributed by atoms with Crippen LogP contribution >= 0.6 is 0 Å². The van der Waals surface area contributed by atoms with Gasteiger partial charge in [-0.1, -0.05) is 18.2 Å². The summed E-state index contributed by atoms with van der Waals surface area (Å²) in [6, 6.07) is 10.8. The van der Waals surface area contributed by atoms with E-state index in [0.717, 1.165) is 36.1 Å². The molecular weight excluding hydrogens is 355 g/mol. The molecule has 1 unspecified atom stereocenters. The Morgan fingerprint density at radius 1 is 1.11 bits per heavy atom. The van der Waals surface area contributed by atoms with E-state index in [1.54, 1.807) is 0 Å². The van der Waals surface area contributed by atoms with Crippen molar-refractivity contribution in [2.24, 2.45) is 0 Å². The number of fused-ring (bicyclic) bond motifs is 1. The van der Waals surface area contributed by atoms with E-state index in [1.165, 1.54) is 17.7 Å². The third-order valence-electron chi connectivity index (χ3n) is 4.84. The van der Waals surface area contributed by atoms with E-state index in [1.807, 2.05) is 18.2 Å². The molecule has 0 aliphatic heterocycles. The van der Waals surface area contributed by atoms with E-state index in [-0.39, 0.29) is 12.0 Å². The van der Waals surface area contributed by atoms with Crippen molar-refractivity contribution in [1.29, 1.82) is 0 Å². The predicted octanol–water partition coefficient (Wildman–Crippen LogP) is 4.52. The van der Waals surface area contributed by atoms with E-state index in [2.05, 4.69) is 5.32 Å². The molecule has 1 atom stereocenters. The highest BCUT2D eigenvalue weighted by Gasteiger charge is 2.29. The molecule has 144 valence electrons. The minimum Gasteiger partial charge on any atom is -0.393 e. The van der Waals surface area contributed by atoms with Gasteiger partial charge in [0.15, 0.2) is 0 Å². The normalized spacial score (nSPS) is 16.7. The Kier molecular flexibility index (Phi) is 5.85. The lowest BCUT2D eigenvalue weighted by atomic mass is 9.89. The molecular formula is C21H22F3NO2. The number of aliphatic hydroxyl groups excluding tert-OH is 1. The molecule has 0 aromatic heterocycles. The minimum absolute atomic E-state index is 0.127. The van der Waals surface area contributed by atoms with E-state index >= 15 is 0 Å². The lowest BCUT2D eigenvalue weighted by Gasteiger charge is -2.21. The van der Waals surface area contributed by atoms with Crippen LogP contribution in [0.25, 0.3) is 0 Å². The molecule has 2 aromatic rings. The Balaban J connectivity index is 1.48. The lowest BCUT2D eigenvalue weighted by molar-refractivity contribution is -0.137. The number of hydrogen-bond donors (Lipinski definition) is 2. The standard InChI is InChI=1S/C21H22F3NO2/c22-21(23,24)17-8-4-14(5-9-17)2-1-3-20(27)25-18-10-6-15-7-11-19(26)13-16(15)12-18/h4-6,8-10,12,19,26H,1-3,7,11,13H2,(H,25,27). The Morgan fingerprint density at radius 3 is 2.56 bits per heavy atom. The molecule has 1 aliphatic carbocycles. The monoisotopic (exact) mass is 377 g/mol. The van der Waals surface area contributed by atoms with Gasteiger partial charge in [-0.25, -0.2) is 0 Å². The molecule has 3 rings (SSSR count). The van der Waals surface area contributed by atoms with Gasteiger partial charge < -0.3 is 10.4 Å². The maximum absolute atomic E-state index is 12.5. The van der Waals surface area contributed by atoms with Crippen molar-refractivity contribution in [3.63, 3.8) is 0 Å². The first-order valence-electron chi connectivity index (χ1n) is 9.07. The fraction of sp³-hybridized carbons (Fsp3) is 0.381. The summed E-state index contributed by atoms with van der Waals surface area (Å²) in [6.45, 7) is 0. The van der Waals surface area contributed by atoms with E-state index in [4.69, 9.17) is 0 Å². The summed E-state index contributed by atoms with van der Waals surface area (Å²) in [6.07, 6.45) is -1.05. The quantitative estimate of drug-likeness (QED) is 0.805. The summed E-state index contributed by atoms with van der Waals surface area (Å²) in [4.78, 5) is 12.1. The van der Waals surface area contributed by atoms with Crippen LogP contribution in [0.3, 0.4) is 0 Å². The summed E-state index contributed by atoms with van der Waals surface area (Å²) in [5, 5.41) is 12.6. The second-order valence-corrected chi connectivity index (χ2v) is 6.98. The number of amides is 1. The van der Waals surface area contributed by atoms with Gasteiger partial charge in [-0.15, -0.1) is 0 Å². The van der Waals surface area contributed by atoms with Crippen molar-refractivity contribution in [3.05, 3.63) is 64.7 Å². The van der Waals surface area contributed by atoms with Gasteiger partial charge in [0.2, 0.25) is 5.91 Å². The van der Waals surface area contributed by atoms with Gasteiger partial charge in [0, 0.05) is 12.1 Å². The Hall–Kier alpha value is -2.34. The third-order valence-corrected chi connectivity index (χ3v) is 4.84. The van der Waals surface area contributed by atoms with Gasteiger partial charge in [0.1, 0.15) is 0 Å².